The van der Waals surface area contributed by atoms with Crippen molar-refractivity contribution in [3.63, 3.8) is 0 Å². The van der Waals surface area contributed by atoms with Gasteiger partial charge in [-0.25, -0.2) is 0 Å². The largest absolute Gasteiger partial charge is 0.429 e. The zero-order chi connectivity index (χ0) is 14.3. The van der Waals surface area contributed by atoms with Crippen LogP contribution in [0.25, 0.3) is 0 Å². The molecule has 0 heterocycles. The van der Waals surface area contributed by atoms with E-state index in [1.165, 1.54) is 0 Å². The summed E-state index contributed by atoms with van der Waals surface area (Å²) in [5, 5.41) is -10.7. The molecule has 0 aliphatic rings. The van der Waals surface area contributed by atoms with Gasteiger partial charge in [-0.15, -0.1) is 0 Å². The number of hydrogen-bond acceptors (Lipinski definition) is 1. The first-order valence-electron chi connectivity index (χ1n) is 3.24. The quantitative estimate of drug-likeness (QED) is 0.541. The minimum atomic E-state index is -6.33. The average molecular weight is 318 g/mol. The van der Waals surface area contributed by atoms with Gasteiger partial charge in [0, 0.05) is 0 Å². The highest BCUT2D eigenvalue weighted by Gasteiger charge is 2.71. The van der Waals surface area contributed by atoms with E-state index in [1.54, 1.807) is 0 Å². The maximum absolute atomic E-state index is 12.5. The fourth-order valence-corrected chi connectivity index (χ4v) is 0.528. The van der Waals surface area contributed by atoms with Crippen molar-refractivity contribution < 1.29 is 44.3 Å². The second-order valence-corrected chi connectivity index (χ2v) is 3.43. The van der Waals surface area contributed by atoms with Crippen molar-refractivity contribution in [1.29, 1.82) is 0 Å². The van der Waals surface area contributed by atoms with Crippen LogP contribution >= 0.6 is 23.2 Å². The Balaban J connectivity index is 5.14. The van der Waals surface area contributed by atoms with Crippen LogP contribution in [0.4, 0.5) is 39.5 Å². The highest BCUT2D eigenvalue weighted by atomic mass is 35.5. The monoisotopic (exact) mass is 317 g/mol. The standard InChI is InChI=1S/C5Cl2F9O/c6-3(12,13)4(7,14)17-5(15,16)2(10,11)1(8)9. The van der Waals surface area contributed by atoms with E-state index in [1.807, 2.05) is 0 Å². The zero-order valence-electron chi connectivity index (χ0n) is 7.07. The number of ether oxygens (including phenoxy) is 1. The van der Waals surface area contributed by atoms with Crippen LogP contribution in [0.15, 0.2) is 0 Å². The van der Waals surface area contributed by atoms with Gasteiger partial charge in [0.25, 0.3) is 0 Å². The van der Waals surface area contributed by atoms with Crippen LogP contribution in [-0.2, 0) is 4.74 Å². The Morgan fingerprint density at radius 3 is 1.41 bits per heavy atom. The van der Waals surface area contributed by atoms with Crippen molar-refractivity contribution >= 4 is 23.2 Å². The molecule has 0 fully saturated rings. The molecule has 0 aliphatic heterocycles. The topological polar surface area (TPSA) is 9.23 Å². The predicted octanol–water partition coefficient (Wildman–Crippen LogP) is 4.35. The van der Waals surface area contributed by atoms with Gasteiger partial charge in [-0.05, 0) is 23.2 Å². The first-order chi connectivity index (χ1) is 7.15. The molecule has 0 bridgehead atoms. The van der Waals surface area contributed by atoms with E-state index in [9.17, 15) is 39.5 Å². The Kier molecular flexibility index (Phi) is 4.52. The normalized spacial score (nSPS) is 18.4. The van der Waals surface area contributed by atoms with E-state index in [0.717, 1.165) is 0 Å². The molecule has 1 radical (unpaired) electrons. The minimum absolute atomic E-state index is 2.15. The van der Waals surface area contributed by atoms with Crippen LogP contribution < -0.4 is 0 Å². The lowest BCUT2D eigenvalue weighted by molar-refractivity contribution is -0.406. The third-order valence-corrected chi connectivity index (χ3v) is 1.84. The predicted molar refractivity (Wildman–Crippen MR) is 36.9 cm³/mol. The van der Waals surface area contributed by atoms with Crippen LogP contribution in [0.3, 0.4) is 0 Å². The summed E-state index contributed by atoms with van der Waals surface area (Å²) in [6.07, 6.45) is -10.5. The Morgan fingerprint density at radius 1 is 0.824 bits per heavy atom. The second kappa shape index (κ2) is 4.54. The molecule has 0 aromatic carbocycles. The van der Waals surface area contributed by atoms with E-state index >= 15 is 0 Å². The van der Waals surface area contributed by atoms with Gasteiger partial charge in [-0.2, -0.15) is 39.5 Å². The van der Waals surface area contributed by atoms with Gasteiger partial charge in [-0.3, -0.25) is 4.74 Å². The Bertz CT molecular complexity index is 273. The lowest BCUT2D eigenvalue weighted by Crippen LogP contribution is -2.52. The lowest BCUT2D eigenvalue weighted by atomic mass is 10.3. The molecule has 12 heteroatoms. The van der Waals surface area contributed by atoms with Crippen molar-refractivity contribution in [2.75, 3.05) is 0 Å². The molecule has 0 amide bonds. The smallest absolute Gasteiger partial charge is 0.258 e. The molecule has 0 N–H and O–H groups in total. The van der Waals surface area contributed by atoms with Crippen molar-refractivity contribution in [2.24, 2.45) is 0 Å². The second-order valence-electron chi connectivity index (χ2n) is 2.47. The van der Waals surface area contributed by atoms with Crippen LogP contribution in [0.5, 0.6) is 0 Å². The summed E-state index contributed by atoms with van der Waals surface area (Å²) >= 11 is 7.79. The molecule has 0 aromatic rings. The number of alkyl halides is 9. The molecular formula is C5Cl2F9O. The summed E-state index contributed by atoms with van der Waals surface area (Å²) < 4.78 is 110. The molecule has 1 atom stereocenters. The highest BCUT2D eigenvalue weighted by Crippen LogP contribution is 2.50. The van der Waals surface area contributed by atoms with Gasteiger partial charge in [0.2, 0.25) is 0 Å². The van der Waals surface area contributed by atoms with Crippen molar-refractivity contribution in [2.45, 2.75) is 22.7 Å². The number of rotatable bonds is 5. The van der Waals surface area contributed by atoms with E-state index in [2.05, 4.69) is 27.9 Å². The fraction of sp³-hybridized carbons (Fsp3) is 0.800. The first kappa shape index (κ1) is 16.9. The molecular weight excluding hydrogens is 318 g/mol. The summed E-state index contributed by atoms with van der Waals surface area (Å²) in [6.45, 7) is 0. The Morgan fingerprint density at radius 2 is 1.18 bits per heavy atom. The van der Waals surface area contributed by atoms with Crippen LogP contribution in [0.2, 0.25) is 0 Å². The van der Waals surface area contributed by atoms with Gasteiger partial charge in [0.1, 0.15) is 0 Å². The van der Waals surface area contributed by atoms with E-state index in [-0.39, 0.29) is 0 Å². The van der Waals surface area contributed by atoms with Crippen molar-refractivity contribution in [3.8, 4) is 0 Å². The van der Waals surface area contributed by atoms with Gasteiger partial charge in [0.05, 0.1) is 0 Å². The van der Waals surface area contributed by atoms with Crippen molar-refractivity contribution in [3.05, 3.63) is 6.43 Å². The van der Waals surface area contributed by atoms with E-state index in [4.69, 9.17) is 0 Å². The third-order valence-electron chi connectivity index (χ3n) is 1.19. The van der Waals surface area contributed by atoms with Crippen molar-refractivity contribution in [1.82, 2.24) is 0 Å². The molecule has 1 nitrogen and oxygen atoms in total. The van der Waals surface area contributed by atoms with E-state index < -0.39 is 29.2 Å². The van der Waals surface area contributed by atoms with E-state index in [0.29, 0.717) is 0 Å². The highest BCUT2D eigenvalue weighted by molar-refractivity contribution is 6.31. The van der Waals surface area contributed by atoms with Gasteiger partial charge < -0.3 is 0 Å². The summed E-state index contributed by atoms with van der Waals surface area (Å²) in [5.74, 6) is -6.32. The van der Waals surface area contributed by atoms with Gasteiger partial charge in [0.15, 0.2) is 0 Å². The third kappa shape index (κ3) is 3.44. The molecule has 0 aromatic heterocycles. The Labute approximate surface area is 97.4 Å². The van der Waals surface area contributed by atoms with Crippen LogP contribution in [0.1, 0.15) is 0 Å². The fourth-order valence-electron chi connectivity index (χ4n) is 0.393. The molecule has 0 saturated heterocycles. The summed E-state index contributed by atoms with van der Waals surface area (Å²) in [5.41, 5.74) is 0. The minimum Gasteiger partial charge on any atom is -0.258 e. The number of hydrogen-bond donors (Lipinski definition) is 0. The molecule has 0 rings (SSSR count). The number of halogens is 11. The molecule has 0 aliphatic carbocycles. The maximum Gasteiger partial charge on any atom is 0.429 e. The summed E-state index contributed by atoms with van der Waals surface area (Å²) in [7, 11) is 0. The summed E-state index contributed by atoms with van der Waals surface area (Å²) in [4.78, 5) is 0. The van der Waals surface area contributed by atoms with Gasteiger partial charge >= 0.3 is 29.2 Å². The lowest BCUT2D eigenvalue weighted by Gasteiger charge is -2.30. The SMILES string of the molecule is F[C](F)C(F)(F)C(F)(F)OC(F)(Cl)C(F)(F)Cl. The van der Waals surface area contributed by atoms with Crippen LogP contribution in [0, 0.1) is 6.43 Å². The van der Waals surface area contributed by atoms with Crippen LogP contribution in [-0.4, -0.2) is 22.7 Å². The summed E-state index contributed by atoms with van der Waals surface area (Å²) in [6, 6.07) is 0. The molecule has 1 unspecified atom stereocenters. The molecule has 0 saturated carbocycles. The average Bonchev–Trinajstić information content (AvgIpc) is 1.98. The maximum atomic E-state index is 12.5. The molecule has 103 valence electrons. The zero-order valence-corrected chi connectivity index (χ0v) is 8.58. The van der Waals surface area contributed by atoms with Gasteiger partial charge in [-0.1, -0.05) is 0 Å². The molecule has 0 spiro atoms. The molecule has 17 heavy (non-hydrogen) atoms. The first-order valence-corrected chi connectivity index (χ1v) is 3.99. The Hall–Kier alpha value is -0.0900.